The Hall–Kier alpha value is -4.02. The van der Waals surface area contributed by atoms with Crippen LogP contribution in [0.3, 0.4) is 0 Å². The molecule has 2 N–H and O–H groups in total. The number of aldehydes is 1. The smallest absolute Gasteiger partial charge is 0.141 e. The van der Waals surface area contributed by atoms with Crippen molar-refractivity contribution < 1.29 is 19.8 Å². The molecule has 0 unspecified atom stereocenters. The van der Waals surface area contributed by atoms with E-state index in [4.69, 9.17) is 0 Å². The van der Waals surface area contributed by atoms with Gasteiger partial charge in [-0.3, -0.25) is 4.79 Å². The van der Waals surface area contributed by atoms with Crippen molar-refractivity contribution in [3.63, 3.8) is 0 Å². The number of ketones is 1. The fourth-order valence-corrected chi connectivity index (χ4v) is 4.87. The lowest BCUT2D eigenvalue weighted by atomic mass is 9.94. The Bertz CT molecular complexity index is 1360. The Morgan fingerprint density at radius 3 is 2.34 bits per heavy atom. The summed E-state index contributed by atoms with van der Waals surface area (Å²) in [7, 11) is 0. The average molecular weight is 507 g/mol. The third kappa shape index (κ3) is 7.50. The van der Waals surface area contributed by atoms with Crippen molar-refractivity contribution in [1.29, 1.82) is 0 Å². The number of carbonyl (C=O) groups excluding carboxylic acids is 2. The number of aliphatic hydroxyl groups excluding tert-OH is 1. The van der Waals surface area contributed by atoms with Crippen LogP contribution in [0.5, 0.6) is 5.75 Å². The van der Waals surface area contributed by atoms with E-state index in [-0.39, 0.29) is 18.0 Å². The minimum Gasteiger partial charge on any atom is -0.508 e. The molecule has 0 saturated carbocycles. The first kappa shape index (κ1) is 27.0. The molecule has 0 bridgehead atoms. The second kappa shape index (κ2) is 13.5. The molecule has 0 fully saturated rings. The summed E-state index contributed by atoms with van der Waals surface area (Å²) in [5.74, 6) is 0.267. The van der Waals surface area contributed by atoms with Gasteiger partial charge in [-0.15, -0.1) is 0 Å². The summed E-state index contributed by atoms with van der Waals surface area (Å²) in [5.41, 5.74) is 6.73. The zero-order chi connectivity index (χ0) is 26.7. The zero-order valence-electron chi connectivity index (χ0n) is 21.6. The molecule has 4 heteroatoms. The summed E-state index contributed by atoms with van der Waals surface area (Å²) < 4.78 is 0. The van der Waals surface area contributed by atoms with Crippen LogP contribution in [-0.4, -0.2) is 22.3 Å². The number of hydrogen-bond donors (Lipinski definition) is 2. The van der Waals surface area contributed by atoms with E-state index in [0.717, 1.165) is 47.8 Å². The quantitative estimate of drug-likeness (QED) is 0.158. The van der Waals surface area contributed by atoms with Crippen LogP contribution in [0.25, 0.3) is 11.1 Å². The van der Waals surface area contributed by atoms with Gasteiger partial charge in [0, 0.05) is 24.8 Å². The van der Waals surface area contributed by atoms with E-state index in [0.29, 0.717) is 30.4 Å². The molecular formula is C34H34O4. The molecule has 4 rings (SSSR count). The Morgan fingerprint density at radius 2 is 1.53 bits per heavy atom. The topological polar surface area (TPSA) is 74.6 Å². The van der Waals surface area contributed by atoms with E-state index in [1.54, 1.807) is 12.1 Å². The van der Waals surface area contributed by atoms with E-state index in [1.807, 2.05) is 48.5 Å². The van der Waals surface area contributed by atoms with Crippen molar-refractivity contribution in [2.24, 2.45) is 0 Å². The van der Waals surface area contributed by atoms with Crippen LogP contribution in [0, 0.1) is 0 Å². The maximum absolute atomic E-state index is 13.0. The van der Waals surface area contributed by atoms with Gasteiger partial charge in [-0.05, 0) is 64.8 Å². The Morgan fingerprint density at radius 1 is 0.763 bits per heavy atom. The molecular weight excluding hydrogens is 472 g/mol. The molecule has 0 aliphatic rings. The van der Waals surface area contributed by atoms with Crippen molar-refractivity contribution in [2.75, 3.05) is 0 Å². The lowest BCUT2D eigenvalue weighted by Crippen LogP contribution is -2.08. The van der Waals surface area contributed by atoms with Crippen molar-refractivity contribution in [3.8, 4) is 16.9 Å². The summed E-state index contributed by atoms with van der Waals surface area (Å²) in [4.78, 5) is 23.8. The lowest BCUT2D eigenvalue weighted by molar-refractivity contribution is -0.117. The monoisotopic (exact) mass is 506 g/mol. The van der Waals surface area contributed by atoms with Gasteiger partial charge < -0.3 is 15.0 Å². The number of Topliss-reactive ketones (excluding diaryl/α,β-unsaturated/α-hetero) is 1. The summed E-state index contributed by atoms with van der Waals surface area (Å²) in [6, 6.07) is 31.4. The van der Waals surface area contributed by atoms with Crippen LogP contribution < -0.4 is 0 Å². The highest BCUT2D eigenvalue weighted by molar-refractivity contribution is 5.85. The van der Waals surface area contributed by atoms with Gasteiger partial charge in [-0.25, -0.2) is 0 Å². The molecule has 4 aromatic carbocycles. The number of aromatic hydroxyl groups is 1. The molecule has 4 aromatic rings. The highest BCUT2D eigenvalue weighted by atomic mass is 16.3. The second-order valence-electron chi connectivity index (χ2n) is 9.76. The van der Waals surface area contributed by atoms with E-state index in [9.17, 15) is 19.8 Å². The number of phenolic OH excluding ortho intramolecular Hbond substituents is 1. The van der Waals surface area contributed by atoms with Crippen molar-refractivity contribution in [1.82, 2.24) is 0 Å². The van der Waals surface area contributed by atoms with Gasteiger partial charge in [0.2, 0.25) is 0 Å². The fourth-order valence-electron chi connectivity index (χ4n) is 4.87. The van der Waals surface area contributed by atoms with Gasteiger partial charge >= 0.3 is 0 Å². The minimum absolute atomic E-state index is 0.0758. The SMILES string of the molecule is O=CCc1cc([C@@H](O)CCCCc2cccc(CC(=O)Cc3ccccc3-c3ccccc3)c2)ccc1O. The predicted molar refractivity (Wildman–Crippen MR) is 151 cm³/mol. The number of unbranched alkanes of at least 4 members (excludes halogenated alkanes) is 1. The predicted octanol–water partition coefficient (Wildman–Crippen LogP) is 6.60. The van der Waals surface area contributed by atoms with Crippen molar-refractivity contribution in [3.05, 3.63) is 125 Å². The first-order valence-electron chi connectivity index (χ1n) is 13.2. The molecule has 0 aliphatic heterocycles. The number of rotatable bonds is 13. The minimum atomic E-state index is -0.635. The van der Waals surface area contributed by atoms with Crippen LogP contribution in [-0.2, 0) is 35.3 Å². The Balaban J connectivity index is 1.28. The molecule has 0 saturated heterocycles. The Labute approximate surface area is 224 Å². The van der Waals surface area contributed by atoms with Gasteiger partial charge in [-0.1, -0.05) is 91.3 Å². The number of benzene rings is 4. The van der Waals surface area contributed by atoms with E-state index in [2.05, 4.69) is 30.3 Å². The van der Waals surface area contributed by atoms with Gasteiger partial charge in [-0.2, -0.15) is 0 Å². The van der Waals surface area contributed by atoms with Gasteiger partial charge in [0.05, 0.1) is 6.10 Å². The molecule has 0 radical (unpaired) electrons. The standard InChI is InChI=1S/C34H34O4/c35-20-19-30-23-29(17-18-34(30)38)33(37)16-7-4-9-25-10-8-11-26(21-25)22-31(36)24-28-14-5-6-15-32(28)27-12-2-1-3-13-27/h1-3,5-6,8,10-15,17-18,20-21,23,33,37-38H,4,7,9,16,19,22,24H2/t33-/m0/s1. The van der Waals surface area contributed by atoms with Gasteiger partial charge in [0.1, 0.15) is 17.8 Å². The van der Waals surface area contributed by atoms with Crippen LogP contribution in [0.2, 0.25) is 0 Å². The molecule has 0 amide bonds. The van der Waals surface area contributed by atoms with Crippen LogP contribution in [0.1, 0.15) is 53.2 Å². The highest BCUT2D eigenvalue weighted by Gasteiger charge is 2.12. The third-order valence-electron chi connectivity index (χ3n) is 6.87. The van der Waals surface area contributed by atoms with Crippen LogP contribution in [0.4, 0.5) is 0 Å². The number of phenols is 1. The van der Waals surface area contributed by atoms with E-state index >= 15 is 0 Å². The number of hydrogen-bond acceptors (Lipinski definition) is 4. The van der Waals surface area contributed by atoms with E-state index in [1.165, 1.54) is 11.6 Å². The highest BCUT2D eigenvalue weighted by Crippen LogP contribution is 2.26. The molecule has 0 aromatic heterocycles. The van der Waals surface area contributed by atoms with Crippen LogP contribution in [0.15, 0.2) is 97.1 Å². The zero-order valence-corrected chi connectivity index (χ0v) is 21.6. The molecule has 1 atom stereocenters. The van der Waals surface area contributed by atoms with Crippen molar-refractivity contribution >= 4 is 12.1 Å². The fraction of sp³-hybridized carbons (Fsp3) is 0.235. The van der Waals surface area contributed by atoms with E-state index < -0.39 is 6.10 Å². The summed E-state index contributed by atoms with van der Waals surface area (Å²) in [5, 5.41) is 20.4. The van der Waals surface area contributed by atoms with Gasteiger partial charge in [0.25, 0.3) is 0 Å². The largest absolute Gasteiger partial charge is 0.508 e. The summed E-state index contributed by atoms with van der Waals surface area (Å²) in [6.07, 6.45) is 4.27. The molecule has 0 heterocycles. The second-order valence-corrected chi connectivity index (χ2v) is 9.76. The number of aryl methyl sites for hydroxylation is 1. The lowest BCUT2D eigenvalue weighted by Gasteiger charge is -2.13. The first-order chi connectivity index (χ1) is 18.5. The number of carbonyl (C=O) groups is 2. The van der Waals surface area contributed by atoms with Crippen molar-refractivity contribution in [2.45, 2.75) is 51.0 Å². The maximum Gasteiger partial charge on any atom is 0.141 e. The molecule has 194 valence electrons. The van der Waals surface area contributed by atoms with Crippen LogP contribution >= 0.6 is 0 Å². The maximum atomic E-state index is 13.0. The first-order valence-corrected chi connectivity index (χ1v) is 13.2. The number of aliphatic hydroxyl groups is 1. The normalized spacial score (nSPS) is 11.7. The molecule has 4 nitrogen and oxygen atoms in total. The molecule has 0 spiro atoms. The summed E-state index contributed by atoms with van der Waals surface area (Å²) >= 11 is 0. The molecule has 38 heavy (non-hydrogen) atoms. The third-order valence-corrected chi connectivity index (χ3v) is 6.87. The Kier molecular flexibility index (Phi) is 9.60. The summed E-state index contributed by atoms with van der Waals surface area (Å²) in [6.45, 7) is 0. The average Bonchev–Trinajstić information content (AvgIpc) is 2.93. The molecule has 0 aliphatic carbocycles. The van der Waals surface area contributed by atoms with Gasteiger partial charge in [0.15, 0.2) is 0 Å².